The molecule has 1 aromatic heterocycles. The van der Waals surface area contributed by atoms with Crippen LogP contribution in [0.4, 0.5) is 0 Å². The van der Waals surface area contributed by atoms with Crippen molar-refractivity contribution in [3.8, 4) is 11.3 Å². The monoisotopic (exact) mass is 361 g/mol. The zero-order valence-electron chi connectivity index (χ0n) is 15.8. The molecule has 2 N–H and O–H groups in total. The molecule has 0 unspecified atom stereocenters. The first-order valence-electron chi connectivity index (χ1n) is 9.02. The third-order valence-electron chi connectivity index (χ3n) is 4.40. The van der Waals surface area contributed by atoms with Gasteiger partial charge in [-0.15, -0.1) is 0 Å². The van der Waals surface area contributed by atoms with E-state index in [1.165, 1.54) is 5.56 Å². The first-order chi connectivity index (χ1) is 13.0. The Balaban J connectivity index is 2.03. The molecule has 2 amide bonds. The van der Waals surface area contributed by atoms with Crippen molar-refractivity contribution in [1.29, 1.82) is 0 Å². The van der Waals surface area contributed by atoms with Gasteiger partial charge in [0.1, 0.15) is 0 Å². The minimum Gasteiger partial charge on any atom is -0.355 e. The average Bonchev–Trinajstić information content (AvgIpc) is 2.65. The van der Waals surface area contributed by atoms with Crippen LogP contribution in [0, 0.1) is 13.8 Å². The van der Waals surface area contributed by atoms with Gasteiger partial charge < -0.3 is 10.6 Å². The number of carbonyl (C=O) groups is 2. The quantitative estimate of drug-likeness (QED) is 0.732. The molecule has 0 aliphatic heterocycles. The summed E-state index contributed by atoms with van der Waals surface area (Å²) in [6.45, 7) is 6.40. The zero-order valence-corrected chi connectivity index (χ0v) is 15.8. The lowest BCUT2D eigenvalue weighted by molar-refractivity contribution is -0.120. The van der Waals surface area contributed by atoms with E-state index in [1.807, 2.05) is 57.2 Å². The van der Waals surface area contributed by atoms with Gasteiger partial charge >= 0.3 is 0 Å². The van der Waals surface area contributed by atoms with Gasteiger partial charge in [-0.1, -0.05) is 42.0 Å². The zero-order chi connectivity index (χ0) is 19.4. The number of hydrogen-bond acceptors (Lipinski definition) is 3. The first kappa shape index (κ1) is 18.6. The molecule has 5 heteroatoms. The van der Waals surface area contributed by atoms with Crippen molar-refractivity contribution in [3.05, 3.63) is 65.2 Å². The summed E-state index contributed by atoms with van der Waals surface area (Å²) in [7, 11) is 0. The molecule has 0 spiro atoms. The van der Waals surface area contributed by atoms with Crippen LogP contribution in [0.5, 0.6) is 0 Å². The van der Waals surface area contributed by atoms with Gasteiger partial charge in [-0.3, -0.25) is 9.59 Å². The third kappa shape index (κ3) is 4.14. The fraction of sp³-hybridized carbons (Fsp3) is 0.227. The van der Waals surface area contributed by atoms with Crippen molar-refractivity contribution in [2.75, 3.05) is 13.1 Å². The van der Waals surface area contributed by atoms with E-state index in [2.05, 4.69) is 16.7 Å². The van der Waals surface area contributed by atoms with Crippen LogP contribution in [-0.4, -0.2) is 29.9 Å². The van der Waals surface area contributed by atoms with E-state index in [4.69, 9.17) is 4.98 Å². The van der Waals surface area contributed by atoms with Crippen LogP contribution in [0.15, 0.2) is 48.5 Å². The second-order valence-electron chi connectivity index (χ2n) is 6.53. The molecule has 0 fully saturated rings. The fourth-order valence-electron chi connectivity index (χ4n) is 3.12. The maximum absolute atomic E-state index is 12.8. The number of hydrogen-bond donors (Lipinski definition) is 2. The highest BCUT2D eigenvalue weighted by atomic mass is 16.2. The normalized spacial score (nSPS) is 10.6. The van der Waals surface area contributed by atoms with E-state index in [9.17, 15) is 9.59 Å². The maximum Gasteiger partial charge on any atom is 0.252 e. The number of benzene rings is 2. The number of nitrogens with zero attached hydrogens (tertiary/aromatic N) is 1. The molecule has 0 bridgehead atoms. The van der Waals surface area contributed by atoms with Crippen molar-refractivity contribution in [3.63, 3.8) is 0 Å². The van der Waals surface area contributed by atoms with Crippen LogP contribution in [0.2, 0.25) is 0 Å². The molecule has 27 heavy (non-hydrogen) atoms. The van der Waals surface area contributed by atoms with Crippen molar-refractivity contribution < 1.29 is 9.59 Å². The lowest BCUT2D eigenvalue weighted by Gasteiger charge is -2.12. The molecule has 2 aromatic carbocycles. The SMILES string of the molecule is CCNC(=O)CNC(=O)c1cc(-c2ccc(C)cc2C)nc2ccccc12. The van der Waals surface area contributed by atoms with Crippen LogP contribution >= 0.6 is 0 Å². The Hall–Kier alpha value is -3.21. The van der Waals surface area contributed by atoms with Crippen LogP contribution in [-0.2, 0) is 4.79 Å². The van der Waals surface area contributed by atoms with E-state index in [0.717, 1.165) is 27.7 Å². The Labute approximate surface area is 158 Å². The molecule has 0 aliphatic carbocycles. The second kappa shape index (κ2) is 7.99. The number of rotatable bonds is 5. The number of para-hydroxylation sites is 1. The summed E-state index contributed by atoms with van der Waals surface area (Å²) in [4.78, 5) is 29.2. The number of aromatic nitrogens is 1. The summed E-state index contributed by atoms with van der Waals surface area (Å²) in [5.41, 5.74) is 5.28. The van der Waals surface area contributed by atoms with E-state index in [1.54, 1.807) is 6.07 Å². The van der Waals surface area contributed by atoms with Crippen LogP contribution in [0.25, 0.3) is 22.2 Å². The second-order valence-corrected chi connectivity index (χ2v) is 6.53. The lowest BCUT2D eigenvalue weighted by atomic mass is 9.99. The number of carbonyl (C=O) groups excluding carboxylic acids is 2. The predicted molar refractivity (Wildman–Crippen MR) is 108 cm³/mol. The van der Waals surface area contributed by atoms with E-state index in [0.29, 0.717) is 12.1 Å². The molecule has 0 saturated carbocycles. The van der Waals surface area contributed by atoms with E-state index < -0.39 is 0 Å². The first-order valence-corrected chi connectivity index (χ1v) is 9.02. The molecule has 3 aromatic rings. The summed E-state index contributed by atoms with van der Waals surface area (Å²) < 4.78 is 0. The van der Waals surface area contributed by atoms with Gasteiger partial charge in [0.25, 0.3) is 5.91 Å². The highest BCUT2D eigenvalue weighted by Gasteiger charge is 2.15. The highest BCUT2D eigenvalue weighted by molar-refractivity contribution is 6.08. The molecule has 0 aliphatic rings. The smallest absolute Gasteiger partial charge is 0.252 e. The van der Waals surface area contributed by atoms with Crippen LogP contribution < -0.4 is 10.6 Å². The van der Waals surface area contributed by atoms with Crippen molar-refractivity contribution in [2.45, 2.75) is 20.8 Å². The molecule has 0 saturated heterocycles. The lowest BCUT2D eigenvalue weighted by Crippen LogP contribution is -2.36. The van der Waals surface area contributed by atoms with Gasteiger partial charge in [-0.05, 0) is 38.5 Å². The number of fused-ring (bicyclic) bond motifs is 1. The fourth-order valence-corrected chi connectivity index (χ4v) is 3.12. The predicted octanol–water partition coefficient (Wildman–Crippen LogP) is 3.38. The van der Waals surface area contributed by atoms with Gasteiger partial charge in [-0.25, -0.2) is 4.98 Å². The largest absolute Gasteiger partial charge is 0.355 e. The molecular formula is C22H23N3O2. The average molecular weight is 361 g/mol. The van der Waals surface area contributed by atoms with Gasteiger partial charge in [0, 0.05) is 17.5 Å². The Morgan fingerprint density at radius 3 is 2.52 bits per heavy atom. The molecule has 5 nitrogen and oxygen atoms in total. The maximum atomic E-state index is 12.8. The Kier molecular flexibility index (Phi) is 5.50. The number of aryl methyl sites for hydroxylation is 2. The third-order valence-corrected chi connectivity index (χ3v) is 4.40. The standard InChI is InChI=1S/C22H23N3O2/c1-4-23-21(26)13-24-22(27)18-12-20(16-10-9-14(2)11-15(16)3)25-19-8-6-5-7-17(18)19/h5-12H,4,13H2,1-3H3,(H,23,26)(H,24,27). The number of nitrogens with one attached hydrogen (secondary N) is 2. The van der Waals surface area contributed by atoms with Crippen LogP contribution in [0.3, 0.4) is 0 Å². The minimum absolute atomic E-state index is 0.0534. The molecule has 0 radical (unpaired) electrons. The molecule has 0 atom stereocenters. The van der Waals surface area contributed by atoms with Gasteiger partial charge in [0.2, 0.25) is 5.91 Å². The summed E-state index contributed by atoms with van der Waals surface area (Å²) in [6, 6.07) is 15.5. The highest BCUT2D eigenvalue weighted by Crippen LogP contribution is 2.27. The van der Waals surface area contributed by atoms with Gasteiger partial charge in [0.15, 0.2) is 0 Å². The number of likely N-dealkylation sites (N-methyl/N-ethyl adjacent to an activating group) is 1. The molecule has 138 valence electrons. The van der Waals surface area contributed by atoms with Gasteiger partial charge in [-0.2, -0.15) is 0 Å². The Morgan fingerprint density at radius 1 is 1.00 bits per heavy atom. The summed E-state index contributed by atoms with van der Waals surface area (Å²) in [6.07, 6.45) is 0. The molecular weight excluding hydrogens is 338 g/mol. The Bertz CT molecular complexity index is 1010. The van der Waals surface area contributed by atoms with E-state index >= 15 is 0 Å². The van der Waals surface area contributed by atoms with Crippen molar-refractivity contribution in [2.24, 2.45) is 0 Å². The number of pyridine rings is 1. The Morgan fingerprint density at radius 2 is 1.78 bits per heavy atom. The van der Waals surface area contributed by atoms with E-state index in [-0.39, 0.29) is 18.4 Å². The molecule has 3 rings (SSSR count). The summed E-state index contributed by atoms with van der Waals surface area (Å²) in [5.74, 6) is -0.496. The van der Waals surface area contributed by atoms with Crippen molar-refractivity contribution in [1.82, 2.24) is 15.6 Å². The summed E-state index contributed by atoms with van der Waals surface area (Å²) >= 11 is 0. The molecule has 1 heterocycles. The van der Waals surface area contributed by atoms with Crippen molar-refractivity contribution >= 4 is 22.7 Å². The topological polar surface area (TPSA) is 71.1 Å². The number of amides is 2. The minimum atomic E-state index is -0.286. The van der Waals surface area contributed by atoms with Crippen LogP contribution in [0.1, 0.15) is 28.4 Å². The van der Waals surface area contributed by atoms with Gasteiger partial charge in [0.05, 0.1) is 23.3 Å². The summed E-state index contributed by atoms with van der Waals surface area (Å²) in [5, 5.41) is 6.14.